The van der Waals surface area contributed by atoms with E-state index >= 15 is 0 Å². The van der Waals surface area contributed by atoms with E-state index in [1.165, 1.54) is 6.20 Å². The summed E-state index contributed by atoms with van der Waals surface area (Å²) < 4.78 is 3.42. The van der Waals surface area contributed by atoms with Crippen molar-refractivity contribution < 1.29 is 4.79 Å². The lowest BCUT2D eigenvalue weighted by molar-refractivity contribution is 0.102. The maximum Gasteiger partial charge on any atom is 0.260 e. The smallest absolute Gasteiger partial charge is 0.260 e. The van der Waals surface area contributed by atoms with Crippen LogP contribution in [-0.4, -0.2) is 25.5 Å². The quantitative estimate of drug-likeness (QED) is 0.800. The number of aromatic nitrogens is 4. The van der Waals surface area contributed by atoms with Crippen molar-refractivity contribution in [3.8, 4) is 0 Å². The van der Waals surface area contributed by atoms with Crippen molar-refractivity contribution in [3.63, 3.8) is 0 Å². The molecule has 0 saturated heterocycles. The van der Waals surface area contributed by atoms with E-state index in [9.17, 15) is 4.79 Å². The highest BCUT2D eigenvalue weighted by Crippen LogP contribution is 2.14. The second-order valence-corrected chi connectivity index (χ2v) is 5.75. The zero-order valence-electron chi connectivity index (χ0n) is 12.8. The highest BCUT2D eigenvalue weighted by molar-refractivity contribution is 6.30. The van der Waals surface area contributed by atoms with Crippen molar-refractivity contribution in [3.05, 3.63) is 64.6 Å². The molecule has 2 heterocycles. The summed E-state index contributed by atoms with van der Waals surface area (Å²) in [6.45, 7) is 2.56. The van der Waals surface area contributed by atoms with Gasteiger partial charge in [0.1, 0.15) is 0 Å². The topological polar surface area (TPSA) is 64.7 Å². The molecule has 0 saturated carbocycles. The number of rotatable bonds is 4. The maximum atomic E-state index is 12.1. The van der Waals surface area contributed by atoms with Gasteiger partial charge in [0.25, 0.3) is 5.91 Å². The Morgan fingerprint density at radius 2 is 2.04 bits per heavy atom. The van der Waals surface area contributed by atoms with Crippen molar-refractivity contribution in [2.75, 3.05) is 5.32 Å². The van der Waals surface area contributed by atoms with E-state index in [0.29, 0.717) is 22.9 Å². The second kappa shape index (κ2) is 6.26. The van der Waals surface area contributed by atoms with E-state index in [4.69, 9.17) is 11.6 Å². The standard InChI is InChI=1S/C16H16ClN5O/c1-11-7-15(19-16(23)13-8-18-21(2)10-13)20-22(11)9-12-3-5-14(17)6-4-12/h3-8,10H,9H2,1-2H3,(H,19,20,23). The summed E-state index contributed by atoms with van der Waals surface area (Å²) in [7, 11) is 1.77. The fourth-order valence-electron chi connectivity index (χ4n) is 2.22. The van der Waals surface area contributed by atoms with Crippen LogP contribution in [0.25, 0.3) is 0 Å². The molecule has 118 valence electrons. The van der Waals surface area contributed by atoms with Crippen LogP contribution in [-0.2, 0) is 13.6 Å². The van der Waals surface area contributed by atoms with Crippen LogP contribution in [0.5, 0.6) is 0 Å². The molecule has 0 spiro atoms. The van der Waals surface area contributed by atoms with E-state index in [-0.39, 0.29) is 5.91 Å². The fraction of sp³-hybridized carbons (Fsp3) is 0.188. The average molecular weight is 330 g/mol. The first-order chi connectivity index (χ1) is 11.0. The van der Waals surface area contributed by atoms with Crippen LogP contribution in [0, 0.1) is 6.92 Å². The van der Waals surface area contributed by atoms with Gasteiger partial charge < -0.3 is 5.32 Å². The van der Waals surface area contributed by atoms with Crippen LogP contribution in [0.1, 0.15) is 21.6 Å². The summed E-state index contributed by atoms with van der Waals surface area (Å²) in [6.07, 6.45) is 3.18. The molecular formula is C16H16ClN5O. The first-order valence-electron chi connectivity index (χ1n) is 7.10. The molecule has 2 aromatic heterocycles. The molecule has 0 unspecified atom stereocenters. The molecule has 0 atom stereocenters. The Kier molecular flexibility index (Phi) is 4.16. The Bertz CT molecular complexity index is 835. The lowest BCUT2D eigenvalue weighted by atomic mass is 10.2. The van der Waals surface area contributed by atoms with Crippen LogP contribution in [0.4, 0.5) is 5.82 Å². The molecule has 6 nitrogen and oxygen atoms in total. The highest BCUT2D eigenvalue weighted by Gasteiger charge is 2.11. The lowest BCUT2D eigenvalue weighted by Gasteiger charge is -2.04. The minimum Gasteiger partial charge on any atom is -0.305 e. The molecule has 0 fully saturated rings. The number of carbonyl (C=O) groups excluding carboxylic acids is 1. The monoisotopic (exact) mass is 329 g/mol. The predicted octanol–water partition coefficient (Wildman–Crippen LogP) is 2.88. The minimum atomic E-state index is -0.228. The molecule has 23 heavy (non-hydrogen) atoms. The van der Waals surface area contributed by atoms with Crippen LogP contribution in [0.2, 0.25) is 5.02 Å². The van der Waals surface area contributed by atoms with E-state index in [0.717, 1.165) is 11.3 Å². The number of nitrogens with zero attached hydrogens (tertiary/aromatic N) is 4. The Hall–Kier alpha value is -2.60. The van der Waals surface area contributed by atoms with E-state index < -0.39 is 0 Å². The average Bonchev–Trinajstić information content (AvgIpc) is 3.08. The summed E-state index contributed by atoms with van der Waals surface area (Å²) >= 11 is 5.89. The molecule has 0 aliphatic heterocycles. The van der Waals surface area contributed by atoms with Crippen molar-refractivity contribution in [1.29, 1.82) is 0 Å². The maximum absolute atomic E-state index is 12.1. The predicted molar refractivity (Wildman–Crippen MR) is 88.7 cm³/mol. The molecular weight excluding hydrogens is 314 g/mol. The van der Waals surface area contributed by atoms with Gasteiger partial charge in [-0.25, -0.2) is 0 Å². The molecule has 1 N–H and O–H groups in total. The molecule has 0 radical (unpaired) electrons. The Labute approximate surface area is 138 Å². The lowest BCUT2D eigenvalue weighted by Crippen LogP contribution is -2.12. The number of halogens is 1. The second-order valence-electron chi connectivity index (χ2n) is 5.31. The largest absolute Gasteiger partial charge is 0.305 e. The molecule has 7 heteroatoms. The zero-order valence-corrected chi connectivity index (χ0v) is 13.6. The summed E-state index contributed by atoms with van der Waals surface area (Å²) in [6, 6.07) is 9.44. The fourth-order valence-corrected chi connectivity index (χ4v) is 2.35. The number of hydrogen-bond donors (Lipinski definition) is 1. The van der Waals surface area contributed by atoms with Crippen LogP contribution < -0.4 is 5.32 Å². The van der Waals surface area contributed by atoms with Crippen LogP contribution in [0.15, 0.2) is 42.7 Å². The van der Waals surface area contributed by atoms with Gasteiger partial charge in [0.15, 0.2) is 5.82 Å². The number of aryl methyl sites for hydroxylation is 2. The first kappa shape index (κ1) is 15.3. The van der Waals surface area contributed by atoms with Gasteiger partial charge >= 0.3 is 0 Å². The third kappa shape index (κ3) is 3.60. The normalized spacial score (nSPS) is 10.7. The number of carbonyl (C=O) groups is 1. The Morgan fingerprint density at radius 1 is 1.30 bits per heavy atom. The zero-order chi connectivity index (χ0) is 16.4. The summed E-state index contributed by atoms with van der Waals surface area (Å²) in [5, 5.41) is 11.9. The summed E-state index contributed by atoms with van der Waals surface area (Å²) in [5.74, 6) is 0.291. The molecule has 0 aliphatic carbocycles. The van der Waals surface area contributed by atoms with Gasteiger partial charge in [0.05, 0.1) is 18.3 Å². The van der Waals surface area contributed by atoms with Gasteiger partial charge in [-0.1, -0.05) is 23.7 Å². The minimum absolute atomic E-state index is 0.228. The molecule has 1 amide bonds. The van der Waals surface area contributed by atoms with Gasteiger partial charge in [-0.3, -0.25) is 14.2 Å². The van der Waals surface area contributed by atoms with E-state index in [2.05, 4.69) is 15.5 Å². The van der Waals surface area contributed by atoms with Gasteiger partial charge in [0.2, 0.25) is 0 Å². The molecule has 3 rings (SSSR count). The third-order valence-electron chi connectivity index (χ3n) is 3.44. The van der Waals surface area contributed by atoms with E-state index in [1.807, 2.05) is 41.9 Å². The Balaban J connectivity index is 1.73. The van der Waals surface area contributed by atoms with Gasteiger partial charge in [0, 0.05) is 30.0 Å². The number of benzene rings is 1. The molecule has 1 aromatic carbocycles. The third-order valence-corrected chi connectivity index (χ3v) is 3.69. The van der Waals surface area contributed by atoms with Crippen molar-refractivity contribution >= 4 is 23.3 Å². The number of amides is 1. The van der Waals surface area contributed by atoms with Crippen LogP contribution >= 0.6 is 11.6 Å². The first-order valence-corrected chi connectivity index (χ1v) is 7.48. The van der Waals surface area contributed by atoms with Crippen LogP contribution in [0.3, 0.4) is 0 Å². The SMILES string of the molecule is Cc1cc(NC(=O)c2cnn(C)c2)nn1Cc1ccc(Cl)cc1. The number of nitrogens with one attached hydrogen (secondary N) is 1. The molecule has 0 aliphatic rings. The highest BCUT2D eigenvalue weighted by atomic mass is 35.5. The van der Waals surface area contributed by atoms with Crippen molar-refractivity contribution in [1.82, 2.24) is 19.6 Å². The number of hydrogen-bond acceptors (Lipinski definition) is 3. The van der Waals surface area contributed by atoms with Crippen molar-refractivity contribution in [2.45, 2.75) is 13.5 Å². The van der Waals surface area contributed by atoms with Gasteiger partial charge in [-0.2, -0.15) is 10.2 Å². The van der Waals surface area contributed by atoms with Gasteiger partial charge in [-0.15, -0.1) is 0 Å². The Morgan fingerprint density at radius 3 is 2.70 bits per heavy atom. The van der Waals surface area contributed by atoms with Gasteiger partial charge in [-0.05, 0) is 24.6 Å². The number of anilines is 1. The molecule has 3 aromatic rings. The van der Waals surface area contributed by atoms with E-state index in [1.54, 1.807) is 17.9 Å². The summed E-state index contributed by atoms with van der Waals surface area (Å²) in [4.78, 5) is 12.1. The molecule has 0 bridgehead atoms. The van der Waals surface area contributed by atoms with Crippen molar-refractivity contribution in [2.24, 2.45) is 7.05 Å². The summed E-state index contributed by atoms with van der Waals surface area (Å²) in [5.41, 5.74) is 2.55.